The van der Waals surface area contributed by atoms with Gasteiger partial charge in [0.25, 0.3) is 10.0 Å². The molecule has 0 saturated heterocycles. The first-order chi connectivity index (χ1) is 17.5. The standard InChI is InChI=1S/C29H27N4O2S/c1-22-14-16-25(17-15-22)36(34,35)32-28-29(31-27-13-6-5-12-26(27)30-28)33-20-18-24(19-21-33)11-7-10-23-8-3-2-4-9-23/h2-6,8-9,12-21H,7,10-11H2,1H3,(H,30,32)/q+1. The predicted molar refractivity (Wildman–Crippen MR) is 142 cm³/mol. The molecule has 0 atom stereocenters. The second kappa shape index (κ2) is 10.3. The molecule has 0 aliphatic heterocycles. The predicted octanol–water partition coefficient (Wildman–Crippen LogP) is 5.19. The molecule has 5 aromatic rings. The molecule has 1 N–H and O–H groups in total. The van der Waals surface area contributed by atoms with E-state index in [2.05, 4.69) is 34.0 Å². The first-order valence-corrected chi connectivity index (χ1v) is 13.4. The van der Waals surface area contributed by atoms with Gasteiger partial charge in [-0.25, -0.2) is 18.0 Å². The minimum atomic E-state index is -3.84. The molecule has 0 fully saturated rings. The van der Waals surface area contributed by atoms with Gasteiger partial charge in [0.05, 0.1) is 17.3 Å². The highest BCUT2D eigenvalue weighted by atomic mass is 32.2. The van der Waals surface area contributed by atoms with Gasteiger partial charge in [-0.05, 0) is 78.7 Å². The van der Waals surface area contributed by atoms with E-state index in [9.17, 15) is 8.42 Å². The van der Waals surface area contributed by atoms with E-state index in [0.29, 0.717) is 16.9 Å². The summed E-state index contributed by atoms with van der Waals surface area (Å²) in [6.45, 7) is 1.92. The molecule has 0 bridgehead atoms. The fourth-order valence-corrected chi connectivity index (χ4v) is 5.05. The number of aryl methyl sites for hydroxylation is 3. The van der Waals surface area contributed by atoms with Crippen LogP contribution in [0.3, 0.4) is 0 Å². The first kappa shape index (κ1) is 23.6. The van der Waals surface area contributed by atoms with Crippen molar-refractivity contribution in [2.24, 2.45) is 0 Å². The lowest BCUT2D eigenvalue weighted by Gasteiger charge is -2.09. The molecule has 0 amide bonds. The molecule has 0 radical (unpaired) electrons. The van der Waals surface area contributed by atoms with Crippen LogP contribution >= 0.6 is 0 Å². The van der Waals surface area contributed by atoms with Crippen LogP contribution in [0.1, 0.15) is 23.1 Å². The highest BCUT2D eigenvalue weighted by molar-refractivity contribution is 7.92. The number of hydrogen-bond donors (Lipinski definition) is 1. The average molecular weight is 496 g/mol. The molecular formula is C29H27N4O2S+. The van der Waals surface area contributed by atoms with Gasteiger partial charge in [-0.3, -0.25) is 4.72 Å². The number of rotatable bonds is 8. The van der Waals surface area contributed by atoms with E-state index < -0.39 is 10.0 Å². The summed E-state index contributed by atoms with van der Waals surface area (Å²) in [5, 5.41) is 0. The molecule has 0 saturated carbocycles. The van der Waals surface area contributed by atoms with Crippen molar-refractivity contribution in [3.8, 4) is 5.82 Å². The van der Waals surface area contributed by atoms with Gasteiger partial charge in [-0.15, -0.1) is 0 Å². The number of fused-ring (bicyclic) bond motifs is 1. The van der Waals surface area contributed by atoms with Crippen molar-refractivity contribution in [3.63, 3.8) is 0 Å². The Labute approximate surface area is 211 Å². The topological polar surface area (TPSA) is 75.8 Å². The third kappa shape index (κ3) is 5.42. The minimum absolute atomic E-state index is 0.174. The monoisotopic (exact) mass is 495 g/mol. The lowest BCUT2D eigenvalue weighted by molar-refractivity contribution is -0.598. The maximum Gasteiger partial charge on any atom is 0.372 e. The van der Waals surface area contributed by atoms with Crippen LogP contribution in [0.4, 0.5) is 5.82 Å². The number of sulfonamides is 1. The van der Waals surface area contributed by atoms with Crippen molar-refractivity contribution in [1.82, 2.24) is 9.97 Å². The van der Waals surface area contributed by atoms with E-state index in [4.69, 9.17) is 4.98 Å². The Kier molecular flexibility index (Phi) is 6.73. The van der Waals surface area contributed by atoms with Crippen molar-refractivity contribution < 1.29 is 13.0 Å². The quantitative estimate of drug-likeness (QED) is 0.301. The molecule has 36 heavy (non-hydrogen) atoms. The Morgan fingerprint density at radius 2 is 1.31 bits per heavy atom. The van der Waals surface area contributed by atoms with E-state index >= 15 is 0 Å². The zero-order chi connectivity index (χ0) is 25.0. The zero-order valence-corrected chi connectivity index (χ0v) is 20.8. The normalized spacial score (nSPS) is 11.5. The van der Waals surface area contributed by atoms with Gasteiger partial charge in [0.2, 0.25) is 11.3 Å². The summed E-state index contributed by atoms with van der Waals surface area (Å²) in [6.07, 6.45) is 6.83. The lowest BCUT2D eigenvalue weighted by Crippen LogP contribution is -2.33. The third-order valence-electron chi connectivity index (χ3n) is 6.03. The van der Waals surface area contributed by atoms with Crippen molar-refractivity contribution >= 4 is 26.9 Å². The second-order valence-corrected chi connectivity index (χ2v) is 10.4. The fourth-order valence-electron chi connectivity index (χ4n) is 4.05. The number of aromatic nitrogens is 3. The molecule has 180 valence electrons. The Morgan fingerprint density at radius 1 is 0.722 bits per heavy atom. The summed E-state index contributed by atoms with van der Waals surface area (Å²) in [5.41, 5.74) is 4.82. The maximum atomic E-state index is 13.1. The number of anilines is 1. The number of para-hydroxylation sites is 2. The summed E-state index contributed by atoms with van der Waals surface area (Å²) >= 11 is 0. The Balaban J connectivity index is 1.42. The van der Waals surface area contributed by atoms with Gasteiger partial charge >= 0.3 is 5.82 Å². The molecule has 7 heteroatoms. The highest BCUT2D eigenvalue weighted by Crippen LogP contribution is 2.21. The molecule has 0 aliphatic rings. The van der Waals surface area contributed by atoms with Crippen LogP contribution < -0.4 is 9.29 Å². The molecule has 0 aliphatic carbocycles. The molecular weight excluding hydrogens is 468 g/mol. The Bertz CT molecular complexity index is 1590. The van der Waals surface area contributed by atoms with E-state index in [1.165, 1.54) is 11.1 Å². The number of benzene rings is 3. The van der Waals surface area contributed by atoms with E-state index in [1.807, 2.05) is 61.8 Å². The molecule has 0 spiro atoms. The van der Waals surface area contributed by atoms with Crippen LogP contribution in [0.15, 0.2) is 108 Å². The van der Waals surface area contributed by atoms with Gasteiger partial charge in [0, 0.05) is 0 Å². The van der Waals surface area contributed by atoms with Gasteiger partial charge in [-0.2, -0.15) is 0 Å². The molecule has 2 heterocycles. The van der Waals surface area contributed by atoms with E-state index in [-0.39, 0.29) is 10.7 Å². The van der Waals surface area contributed by atoms with Gasteiger partial charge in [0.15, 0.2) is 0 Å². The minimum Gasteiger partial charge on any atom is -0.256 e. The molecule has 2 aromatic heterocycles. The van der Waals surface area contributed by atoms with Gasteiger partial charge in [0.1, 0.15) is 5.52 Å². The number of hydrogen-bond acceptors (Lipinski definition) is 4. The Morgan fingerprint density at radius 3 is 1.97 bits per heavy atom. The first-order valence-electron chi connectivity index (χ1n) is 11.9. The zero-order valence-electron chi connectivity index (χ0n) is 20.0. The summed E-state index contributed by atoms with van der Waals surface area (Å²) in [4.78, 5) is 9.53. The smallest absolute Gasteiger partial charge is 0.256 e. The van der Waals surface area contributed by atoms with Crippen molar-refractivity contribution in [2.45, 2.75) is 31.1 Å². The second-order valence-electron chi connectivity index (χ2n) is 8.76. The van der Waals surface area contributed by atoms with Gasteiger partial charge < -0.3 is 0 Å². The maximum absolute atomic E-state index is 13.1. The van der Waals surface area contributed by atoms with E-state index in [0.717, 1.165) is 24.8 Å². The summed E-state index contributed by atoms with van der Waals surface area (Å²) in [6, 6.07) is 28.7. The number of nitrogens with one attached hydrogen (secondary N) is 1. The van der Waals surface area contributed by atoms with Crippen LogP contribution in [0.25, 0.3) is 16.9 Å². The average Bonchev–Trinajstić information content (AvgIpc) is 2.89. The highest BCUT2D eigenvalue weighted by Gasteiger charge is 2.24. The van der Waals surface area contributed by atoms with Crippen LogP contribution in [0.5, 0.6) is 0 Å². The molecule has 0 unspecified atom stereocenters. The number of nitrogens with zero attached hydrogens (tertiary/aromatic N) is 3. The number of pyridine rings is 1. The summed E-state index contributed by atoms with van der Waals surface area (Å²) in [7, 11) is -3.84. The van der Waals surface area contributed by atoms with E-state index in [1.54, 1.807) is 28.8 Å². The lowest BCUT2D eigenvalue weighted by atomic mass is 10.1. The summed E-state index contributed by atoms with van der Waals surface area (Å²) < 4.78 is 30.7. The van der Waals surface area contributed by atoms with Crippen molar-refractivity contribution in [1.29, 1.82) is 0 Å². The SMILES string of the molecule is Cc1ccc(S(=O)(=O)Nc2nc3ccccc3nc2-[n+]2ccc(CCCc3ccccc3)cc2)cc1. The molecule has 5 rings (SSSR count). The third-order valence-corrected chi connectivity index (χ3v) is 7.39. The van der Waals surface area contributed by atoms with Gasteiger partial charge in [-0.1, -0.05) is 60.2 Å². The van der Waals surface area contributed by atoms with Crippen LogP contribution in [-0.4, -0.2) is 18.4 Å². The van der Waals surface area contributed by atoms with Crippen LogP contribution in [0.2, 0.25) is 0 Å². The van der Waals surface area contributed by atoms with Crippen LogP contribution in [0, 0.1) is 6.92 Å². The summed E-state index contributed by atoms with van der Waals surface area (Å²) in [5.74, 6) is 0.594. The largest absolute Gasteiger partial charge is 0.372 e. The van der Waals surface area contributed by atoms with Crippen LogP contribution in [-0.2, 0) is 22.9 Å². The van der Waals surface area contributed by atoms with Crippen molar-refractivity contribution in [2.75, 3.05) is 4.72 Å². The van der Waals surface area contributed by atoms with Crippen molar-refractivity contribution in [3.05, 3.63) is 120 Å². The molecule has 3 aromatic carbocycles. The molecule has 6 nitrogen and oxygen atoms in total. The fraction of sp³-hybridized carbons (Fsp3) is 0.138. The Hall–Kier alpha value is -4.10.